The third kappa shape index (κ3) is 2.91. The summed E-state index contributed by atoms with van der Waals surface area (Å²) in [5, 5.41) is 22.8. The number of β-lactam (4-membered cyclic amide) rings is 1. The van der Waals surface area contributed by atoms with Gasteiger partial charge in [0.2, 0.25) is 11.8 Å². The summed E-state index contributed by atoms with van der Waals surface area (Å²) >= 11 is 1.45. The fraction of sp³-hybridized carbons (Fsp3) is 0.706. The highest BCUT2D eigenvalue weighted by Gasteiger charge is 2.60. The molecule has 6 atom stereocenters. The number of carbonyl (C=O) groups excluding carboxylic acids is 2. The third-order valence-corrected chi connectivity index (χ3v) is 6.95. The van der Waals surface area contributed by atoms with Crippen LogP contribution in [0.25, 0.3) is 0 Å². The van der Waals surface area contributed by atoms with Crippen LogP contribution in [0.15, 0.2) is 10.6 Å². The van der Waals surface area contributed by atoms with Gasteiger partial charge in [-0.15, -0.1) is 11.8 Å². The number of amides is 2. The molecular weight excluding hydrogens is 358 g/mol. The summed E-state index contributed by atoms with van der Waals surface area (Å²) in [6.07, 6.45) is -0.190. The van der Waals surface area contributed by atoms with Gasteiger partial charge in [0.05, 0.1) is 24.1 Å². The lowest BCUT2D eigenvalue weighted by molar-refractivity contribution is -0.163. The molecule has 2 amide bonds. The summed E-state index contributed by atoms with van der Waals surface area (Å²) in [4.78, 5) is 39.8. The van der Waals surface area contributed by atoms with Gasteiger partial charge in [-0.1, -0.05) is 6.92 Å². The Morgan fingerprint density at radius 3 is 2.58 bits per heavy atom. The number of hydrogen-bond acceptors (Lipinski definition) is 6. The van der Waals surface area contributed by atoms with E-state index in [9.17, 15) is 24.6 Å². The van der Waals surface area contributed by atoms with Gasteiger partial charge in [0.1, 0.15) is 5.70 Å². The second-order valence-corrected chi connectivity index (χ2v) is 8.78. The number of likely N-dealkylation sites (N-methyl/N-ethyl adjacent to an activating group) is 1. The Balaban J connectivity index is 1.78. The average molecular weight is 383 g/mol. The van der Waals surface area contributed by atoms with Gasteiger partial charge in [0.25, 0.3) is 0 Å². The average Bonchev–Trinajstić information content (AvgIpc) is 3.09. The molecule has 0 aromatic heterocycles. The van der Waals surface area contributed by atoms with Crippen molar-refractivity contribution in [1.82, 2.24) is 15.1 Å². The first-order valence-electron chi connectivity index (χ1n) is 8.75. The standard InChI is InChI=1S/C17H25N3O5S/c1-7-12-11(8(2)21)16(23)20(12)13(17(24)25)14(7)26-9-5-10(18-6-9)15(22)19(3)4/h7-12,18,21H,5-6H2,1-4H3,(H,24,25)/t7?,8?,9-,10-,11?,12?/m0/s1. The zero-order valence-electron chi connectivity index (χ0n) is 15.3. The van der Waals surface area contributed by atoms with Crippen LogP contribution in [-0.2, 0) is 14.4 Å². The van der Waals surface area contributed by atoms with Crippen molar-refractivity contribution in [3.8, 4) is 0 Å². The fourth-order valence-electron chi connectivity index (χ4n) is 4.15. The minimum absolute atomic E-state index is 0.00757. The lowest BCUT2D eigenvalue weighted by Gasteiger charge is -2.46. The molecule has 144 valence electrons. The number of carboxylic acids is 1. The molecule has 0 saturated carbocycles. The smallest absolute Gasteiger partial charge is 0.353 e. The Morgan fingerprint density at radius 2 is 2.04 bits per heavy atom. The Labute approximate surface area is 156 Å². The second-order valence-electron chi connectivity index (χ2n) is 7.44. The van der Waals surface area contributed by atoms with Crippen molar-refractivity contribution in [3.05, 3.63) is 10.6 Å². The van der Waals surface area contributed by atoms with E-state index < -0.39 is 18.0 Å². The van der Waals surface area contributed by atoms with E-state index in [1.807, 2.05) is 6.92 Å². The molecule has 9 heteroatoms. The first-order valence-corrected chi connectivity index (χ1v) is 9.62. The predicted molar refractivity (Wildman–Crippen MR) is 96.1 cm³/mol. The number of fused-ring (bicyclic) bond motifs is 1. The molecule has 0 spiro atoms. The number of rotatable bonds is 5. The monoisotopic (exact) mass is 383 g/mol. The number of nitrogens with zero attached hydrogens (tertiary/aromatic N) is 2. The maximum absolute atomic E-state index is 12.3. The first-order chi connectivity index (χ1) is 12.1. The van der Waals surface area contributed by atoms with Crippen molar-refractivity contribution in [2.45, 2.75) is 43.7 Å². The molecule has 2 saturated heterocycles. The van der Waals surface area contributed by atoms with E-state index in [-0.39, 0.29) is 40.8 Å². The van der Waals surface area contributed by atoms with Crippen LogP contribution in [0.2, 0.25) is 0 Å². The van der Waals surface area contributed by atoms with E-state index in [1.54, 1.807) is 25.9 Å². The molecule has 0 radical (unpaired) electrons. The van der Waals surface area contributed by atoms with E-state index >= 15 is 0 Å². The van der Waals surface area contributed by atoms with Crippen molar-refractivity contribution >= 4 is 29.5 Å². The first kappa shape index (κ1) is 19.2. The summed E-state index contributed by atoms with van der Waals surface area (Å²) in [6, 6.07) is -0.568. The SMILES string of the molecule is CC(O)C1C(=O)N2C(C(=O)O)=C(S[C@@H]3CN[C@H](C(=O)N(C)C)C3)C(C)C12. The molecular formula is C17H25N3O5S. The molecule has 3 aliphatic heterocycles. The van der Waals surface area contributed by atoms with Gasteiger partial charge < -0.3 is 25.3 Å². The maximum Gasteiger partial charge on any atom is 0.353 e. The molecule has 3 aliphatic rings. The molecule has 26 heavy (non-hydrogen) atoms. The Hall–Kier alpha value is -1.58. The van der Waals surface area contributed by atoms with E-state index in [0.29, 0.717) is 17.9 Å². The van der Waals surface area contributed by atoms with Gasteiger partial charge in [-0.2, -0.15) is 0 Å². The maximum atomic E-state index is 12.3. The summed E-state index contributed by atoms with van der Waals surface area (Å²) < 4.78 is 0. The van der Waals surface area contributed by atoms with E-state index in [1.165, 1.54) is 16.7 Å². The van der Waals surface area contributed by atoms with Crippen LogP contribution in [0.4, 0.5) is 0 Å². The van der Waals surface area contributed by atoms with Gasteiger partial charge in [0, 0.05) is 36.7 Å². The van der Waals surface area contributed by atoms with Crippen LogP contribution in [0.1, 0.15) is 20.3 Å². The van der Waals surface area contributed by atoms with Gasteiger partial charge in [-0.3, -0.25) is 9.59 Å². The number of aliphatic carboxylic acids is 1. The Morgan fingerprint density at radius 1 is 1.38 bits per heavy atom. The Kier molecular flexibility index (Phi) is 5.06. The molecule has 3 N–H and O–H groups in total. The number of aliphatic hydroxyl groups is 1. The highest BCUT2D eigenvalue weighted by atomic mass is 32.2. The van der Waals surface area contributed by atoms with Gasteiger partial charge in [-0.05, 0) is 13.3 Å². The van der Waals surface area contributed by atoms with Crippen molar-refractivity contribution < 1.29 is 24.6 Å². The number of nitrogens with one attached hydrogen (secondary N) is 1. The molecule has 0 aliphatic carbocycles. The number of carbonyl (C=O) groups is 3. The normalized spacial score (nSPS) is 34.6. The molecule has 0 bridgehead atoms. The minimum Gasteiger partial charge on any atom is -0.477 e. The van der Waals surface area contributed by atoms with E-state index in [4.69, 9.17) is 0 Å². The van der Waals surface area contributed by atoms with Crippen LogP contribution in [0.3, 0.4) is 0 Å². The van der Waals surface area contributed by atoms with Crippen molar-refractivity contribution in [2.75, 3.05) is 20.6 Å². The van der Waals surface area contributed by atoms with Gasteiger partial charge >= 0.3 is 5.97 Å². The summed E-state index contributed by atoms with van der Waals surface area (Å²) in [5.41, 5.74) is 0.0387. The lowest BCUT2D eigenvalue weighted by atomic mass is 9.79. The molecule has 0 aromatic carbocycles. The highest BCUT2D eigenvalue weighted by Crippen LogP contribution is 2.51. The molecule has 3 rings (SSSR count). The van der Waals surface area contributed by atoms with E-state index in [2.05, 4.69) is 5.32 Å². The van der Waals surface area contributed by atoms with Crippen molar-refractivity contribution in [1.29, 1.82) is 0 Å². The number of carboxylic acid groups (broad SMARTS) is 1. The molecule has 3 heterocycles. The van der Waals surface area contributed by atoms with E-state index in [0.717, 1.165) is 0 Å². The van der Waals surface area contributed by atoms with Crippen LogP contribution < -0.4 is 5.32 Å². The number of hydrogen-bond donors (Lipinski definition) is 3. The van der Waals surface area contributed by atoms with Crippen LogP contribution in [-0.4, -0.2) is 81.9 Å². The topological polar surface area (TPSA) is 110 Å². The number of thioether (sulfide) groups is 1. The van der Waals surface area contributed by atoms with Gasteiger partial charge in [0.15, 0.2) is 0 Å². The second kappa shape index (κ2) is 6.86. The summed E-state index contributed by atoms with van der Waals surface area (Å²) in [6.45, 7) is 4.08. The predicted octanol–water partition coefficient (Wildman–Crippen LogP) is -0.308. The lowest BCUT2D eigenvalue weighted by Crippen LogP contribution is -2.63. The molecule has 2 fully saturated rings. The third-order valence-electron chi connectivity index (χ3n) is 5.43. The Bertz CT molecular complexity index is 677. The van der Waals surface area contributed by atoms with Crippen LogP contribution in [0.5, 0.6) is 0 Å². The highest BCUT2D eigenvalue weighted by molar-refractivity contribution is 8.03. The molecule has 0 aromatic rings. The summed E-state index contributed by atoms with van der Waals surface area (Å²) in [7, 11) is 3.42. The minimum atomic E-state index is -1.12. The molecule has 4 unspecified atom stereocenters. The van der Waals surface area contributed by atoms with Gasteiger partial charge in [-0.25, -0.2) is 4.79 Å². The summed E-state index contributed by atoms with van der Waals surface area (Å²) in [5.74, 6) is -2.14. The van der Waals surface area contributed by atoms with Crippen molar-refractivity contribution in [2.24, 2.45) is 11.8 Å². The zero-order chi connectivity index (χ0) is 19.3. The van der Waals surface area contributed by atoms with Crippen molar-refractivity contribution in [3.63, 3.8) is 0 Å². The number of aliphatic hydroxyl groups excluding tert-OH is 1. The van der Waals surface area contributed by atoms with Crippen LogP contribution in [0, 0.1) is 11.8 Å². The molecule has 8 nitrogen and oxygen atoms in total. The van der Waals surface area contributed by atoms with Crippen LogP contribution >= 0.6 is 11.8 Å². The zero-order valence-corrected chi connectivity index (χ0v) is 16.1. The quantitative estimate of drug-likeness (QED) is 0.559. The fourth-order valence-corrected chi connectivity index (χ4v) is 5.63. The largest absolute Gasteiger partial charge is 0.477 e.